The molecule has 0 saturated heterocycles. The van der Waals surface area contributed by atoms with Crippen molar-refractivity contribution in [1.29, 1.82) is 0 Å². The topological polar surface area (TPSA) is 55.4 Å². The maximum Gasteiger partial charge on any atom is 0.0937 e. The van der Waals surface area contributed by atoms with Gasteiger partial charge >= 0.3 is 0 Å². The summed E-state index contributed by atoms with van der Waals surface area (Å²) in [5.41, 5.74) is 5.69. The Balaban J connectivity index is 2.42. The second kappa shape index (κ2) is 3.10. The largest absolute Gasteiger partial charge is 0.328 e. The number of nitroso groups, excluding NO2 is 1. The monoisotopic (exact) mass is 142 g/mol. The molecular weight excluding hydrogens is 128 g/mol. The molecule has 0 aromatic heterocycles. The van der Waals surface area contributed by atoms with Crippen LogP contribution in [0.2, 0.25) is 0 Å². The Kier molecular flexibility index (Phi) is 2.38. The summed E-state index contributed by atoms with van der Waals surface area (Å²) >= 11 is 0. The lowest BCUT2D eigenvalue weighted by Crippen LogP contribution is -2.33. The SMILES string of the molecule is CC1CC(N)CC(N=O)C1. The summed E-state index contributed by atoms with van der Waals surface area (Å²) in [5.74, 6) is 0.575. The van der Waals surface area contributed by atoms with E-state index >= 15 is 0 Å². The standard InChI is InChI=1S/C7H14N2O/c1-5-2-6(8)4-7(3-5)9-10/h5-7H,2-4,8H2,1H3. The van der Waals surface area contributed by atoms with Crippen molar-refractivity contribution >= 4 is 0 Å². The first-order chi connectivity index (χ1) is 4.72. The zero-order valence-corrected chi connectivity index (χ0v) is 6.29. The summed E-state index contributed by atoms with van der Waals surface area (Å²) in [7, 11) is 0. The lowest BCUT2D eigenvalue weighted by atomic mass is 9.84. The first-order valence-electron chi connectivity index (χ1n) is 3.80. The number of hydrogen-bond acceptors (Lipinski definition) is 3. The summed E-state index contributed by atoms with van der Waals surface area (Å²) in [6, 6.07) is 0.185. The maximum absolute atomic E-state index is 10.1. The fourth-order valence-corrected chi connectivity index (χ4v) is 1.71. The van der Waals surface area contributed by atoms with E-state index in [0.717, 1.165) is 19.3 Å². The Hall–Kier alpha value is -0.440. The fraction of sp³-hybridized carbons (Fsp3) is 1.00. The molecule has 10 heavy (non-hydrogen) atoms. The Morgan fingerprint density at radius 2 is 2.10 bits per heavy atom. The molecule has 0 aliphatic heterocycles. The highest BCUT2D eigenvalue weighted by atomic mass is 16.3. The van der Waals surface area contributed by atoms with Crippen LogP contribution in [-0.2, 0) is 0 Å². The molecular formula is C7H14N2O. The summed E-state index contributed by atoms with van der Waals surface area (Å²) in [5, 5.41) is 3.02. The number of rotatable bonds is 1. The maximum atomic E-state index is 10.1. The van der Waals surface area contributed by atoms with E-state index in [1.54, 1.807) is 0 Å². The van der Waals surface area contributed by atoms with Gasteiger partial charge in [-0.25, -0.2) is 0 Å². The van der Waals surface area contributed by atoms with Crippen LogP contribution in [0.4, 0.5) is 0 Å². The molecule has 2 N–H and O–H groups in total. The van der Waals surface area contributed by atoms with E-state index in [-0.39, 0.29) is 12.1 Å². The van der Waals surface area contributed by atoms with Crippen molar-refractivity contribution in [3.05, 3.63) is 4.91 Å². The number of nitrogens with two attached hydrogens (primary N) is 1. The minimum Gasteiger partial charge on any atom is -0.328 e. The number of nitrogens with zero attached hydrogens (tertiary/aromatic N) is 1. The Labute approximate surface area is 61.0 Å². The molecule has 1 saturated carbocycles. The quantitative estimate of drug-likeness (QED) is 0.560. The zero-order chi connectivity index (χ0) is 7.56. The summed E-state index contributed by atoms with van der Waals surface area (Å²) in [4.78, 5) is 10.1. The molecule has 0 aromatic carbocycles. The first-order valence-corrected chi connectivity index (χ1v) is 3.80. The van der Waals surface area contributed by atoms with Crippen LogP contribution in [0.3, 0.4) is 0 Å². The predicted octanol–water partition coefficient (Wildman–Crippen LogP) is 1.27. The van der Waals surface area contributed by atoms with Gasteiger partial charge in [0.25, 0.3) is 0 Å². The fourth-order valence-electron chi connectivity index (χ4n) is 1.71. The molecule has 0 amide bonds. The van der Waals surface area contributed by atoms with Gasteiger partial charge in [0.2, 0.25) is 0 Å². The molecule has 0 aromatic rings. The minimum atomic E-state index is -0.0150. The first kappa shape index (κ1) is 7.66. The molecule has 1 aliphatic rings. The van der Waals surface area contributed by atoms with Gasteiger partial charge in [-0.2, -0.15) is 4.91 Å². The van der Waals surface area contributed by atoms with Crippen molar-refractivity contribution in [2.45, 2.75) is 38.3 Å². The minimum absolute atomic E-state index is 0.0150. The average Bonchev–Trinajstić information content (AvgIpc) is 1.85. The Morgan fingerprint density at radius 3 is 2.60 bits per heavy atom. The van der Waals surface area contributed by atoms with E-state index in [0.29, 0.717) is 5.92 Å². The van der Waals surface area contributed by atoms with E-state index in [1.165, 1.54) is 0 Å². The molecule has 0 spiro atoms. The van der Waals surface area contributed by atoms with E-state index in [2.05, 4.69) is 12.1 Å². The Morgan fingerprint density at radius 1 is 1.40 bits per heavy atom. The summed E-state index contributed by atoms with van der Waals surface area (Å²) in [6.45, 7) is 2.12. The molecule has 0 bridgehead atoms. The van der Waals surface area contributed by atoms with Gasteiger partial charge in [0.1, 0.15) is 0 Å². The van der Waals surface area contributed by atoms with Gasteiger partial charge in [0.05, 0.1) is 6.04 Å². The van der Waals surface area contributed by atoms with Crippen LogP contribution in [0, 0.1) is 10.8 Å². The van der Waals surface area contributed by atoms with Crippen molar-refractivity contribution in [3.63, 3.8) is 0 Å². The molecule has 1 fully saturated rings. The van der Waals surface area contributed by atoms with Gasteiger partial charge < -0.3 is 5.73 Å². The normalized spacial score (nSPS) is 41.2. The Bertz CT molecular complexity index is 117. The van der Waals surface area contributed by atoms with Crippen LogP contribution in [0.5, 0.6) is 0 Å². The average molecular weight is 142 g/mol. The van der Waals surface area contributed by atoms with Gasteiger partial charge in [0.15, 0.2) is 0 Å². The van der Waals surface area contributed by atoms with Crippen LogP contribution in [0.25, 0.3) is 0 Å². The number of hydrogen-bond donors (Lipinski definition) is 1. The van der Waals surface area contributed by atoms with Crippen LogP contribution >= 0.6 is 0 Å². The molecule has 3 atom stereocenters. The lowest BCUT2D eigenvalue weighted by molar-refractivity contribution is 0.309. The molecule has 58 valence electrons. The predicted molar refractivity (Wildman–Crippen MR) is 40.6 cm³/mol. The van der Waals surface area contributed by atoms with Crippen molar-refractivity contribution in [3.8, 4) is 0 Å². The third-order valence-corrected chi connectivity index (χ3v) is 2.10. The molecule has 1 aliphatic carbocycles. The highest BCUT2D eigenvalue weighted by Gasteiger charge is 2.24. The van der Waals surface area contributed by atoms with E-state index in [9.17, 15) is 4.91 Å². The van der Waals surface area contributed by atoms with E-state index < -0.39 is 0 Å². The zero-order valence-electron chi connectivity index (χ0n) is 6.29. The van der Waals surface area contributed by atoms with E-state index in [4.69, 9.17) is 5.73 Å². The smallest absolute Gasteiger partial charge is 0.0937 e. The van der Waals surface area contributed by atoms with Crippen LogP contribution in [0.15, 0.2) is 5.18 Å². The van der Waals surface area contributed by atoms with Gasteiger partial charge in [-0.3, -0.25) is 0 Å². The summed E-state index contributed by atoms with van der Waals surface area (Å²) < 4.78 is 0. The molecule has 1 rings (SSSR count). The lowest BCUT2D eigenvalue weighted by Gasteiger charge is -2.26. The van der Waals surface area contributed by atoms with Gasteiger partial charge in [0, 0.05) is 6.04 Å². The molecule has 0 heterocycles. The molecule has 0 radical (unpaired) electrons. The van der Waals surface area contributed by atoms with Gasteiger partial charge in [-0.15, -0.1) is 0 Å². The highest BCUT2D eigenvalue weighted by molar-refractivity contribution is 4.82. The van der Waals surface area contributed by atoms with E-state index in [1.807, 2.05) is 0 Å². The van der Waals surface area contributed by atoms with Crippen LogP contribution < -0.4 is 5.73 Å². The van der Waals surface area contributed by atoms with Crippen LogP contribution in [-0.4, -0.2) is 12.1 Å². The molecule has 3 unspecified atom stereocenters. The van der Waals surface area contributed by atoms with Crippen LogP contribution in [0.1, 0.15) is 26.2 Å². The van der Waals surface area contributed by atoms with Gasteiger partial charge in [-0.05, 0) is 25.2 Å². The second-order valence-electron chi connectivity index (χ2n) is 3.33. The second-order valence-corrected chi connectivity index (χ2v) is 3.33. The molecule has 3 heteroatoms. The van der Waals surface area contributed by atoms with Crippen molar-refractivity contribution in [2.24, 2.45) is 16.8 Å². The third-order valence-electron chi connectivity index (χ3n) is 2.10. The highest BCUT2D eigenvalue weighted by Crippen LogP contribution is 2.24. The van der Waals surface area contributed by atoms with Crippen molar-refractivity contribution in [2.75, 3.05) is 0 Å². The van der Waals surface area contributed by atoms with Crippen molar-refractivity contribution < 1.29 is 0 Å². The van der Waals surface area contributed by atoms with Crippen molar-refractivity contribution in [1.82, 2.24) is 0 Å². The molecule has 3 nitrogen and oxygen atoms in total. The van der Waals surface area contributed by atoms with Gasteiger partial charge in [-0.1, -0.05) is 12.1 Å². The third kappa shape index (κ3) is 1.77. The summed E-state index contributed by atoms with van der Waals surface area (Å²) in [6.07, 6.45) is 2.76.